The minimum absolute atomic E-state index is 0.0716. The van der Waals surface area contributed by atoms with Crippen molar-refractivity contribution in [2.45, 2.75) is 26.2 Å². The third-order valence-corrected chi connectivity index (χ3v) is 3.79. The summed E-state index contributed by atoms with van der Waals surface area (Å²) >= 11 is 0. The number of benzene rings is 1. The molecule has 1 amide bonds. The van der Waals surface area contributed by atoms with Crippen LogP contribution in [-0.4, -0.2) is 42.2 Å². The van der Waals surface area contributed by atoms with Crippen LogP contribution in [0.3, 0.4) is 0 Å². The standard InChI is InChI=1S/C16H24N2O2/c1-2-9-17-15-8-4-3-7-14(15)16(20)18-10-5-6-13(11-18)12-19/h3-4,7-8,13,17,19H,2,5-6,9-12H2,1H3. The number of piperidine rings is 1. The molecule has 1 heterocycles. The van der Waals surface area contributed by atoms with Crippen LogP contribution in [-0.2, 0) is 0 Å². The summed E-state index contributed by atoms with van der Waals surface area (Å²) in [4.78, 5) is 14.5. The Labute approximate surface area is 120 Å². The topological polar surface area (TPSA) is 52.6 Å². The molecule has 1 aromatic rings. The zero-order valence-corrected chi connectivity index (χ0v) is 12.1. The van der Waals surface area contributed by atoms with Crippen molar-refractivity contribution in [3.8, 4) is 0 Å². The first-order valence-corrected chi connectivity index (χ1v) is 7.49. The molecular weight excluding hydrogens is 252 g/mol. The summed E-state index contributed by atoms with van der Waals surface area (Å²) < 4.78 is 0. The molecular formula is C16H24N2O2. The number of para-hydroxylation sites is 1. The van der Waals surface area contributed by atoms with E-state index in [0.29, 0.717) is 6.54 Å². The van der Waals surface area contributed by atoms with E-state index in [1.54, 1.807) is 0 Å². The Kier molecular flexibility index (Phi) is 5.41. The number of nitrogens with one attached hydrogen (secondary N) is 1. The molecule has 0 aliphatic carbocycles. The summed E-state index contributed by atoms with van der Waals surface area (Å²) in [5, 5.41) is 12.6. The Balaban J connectivity index is 2.11. The fourth-order valence-corrected chi connectivity index (χ4v) is 2.65. The van der Waals surface area contributed by atoms with Crippen molar-refractivity contribution in [1.29, 1.82) is 0 Å². The molecule has 0 saturated carbocycles. The molecule has 4 heteroatoms. The van der Waals surface area contributed by atoms with Gasteiger partial charge in [0.05, 0.1) is 5.56 Å². The molecule has 0 radical (unpaired) electrons. The van der Waals surface area contributed by atoms with Gasteiger partial charge in [-0.05, 0) is 37.3 Å². The van der Waals surface area contributed by atoms with E-state index in [1.807, 2.05) is 29.2 Å². The maximum Gasteiger partial charge on any atom is 0.255 e. The van der Waals surface area contributed by atoms with Gasteiger partial charge in [-0.25, -0.2) is 0 Å². The molecule has 0 bridgehead atoms. The molecule has 20 heavy (non-hydrogen) atoms. The number of aliphatic hydroxyl groups excluding tert-OH is 1. The first-order chi connectivity index (χ1) is 9.76. The van der Waals surface area contributed by atoms with Crippen LogP contribution in [0.2, 0.25) is 0 Å². The van der Waals surface area contributed by atoms with Crippen LogP contribution < -0.4 is 5.32 Å². The van der Waals surface area contributed by atoms with E-state index in [1.165, 1.54) is 0 Å². The molecule has 4 nitrogen and oxygen atoms in total. The van der Waals surface area contributed by atoms with Crippen LogP contribution >= 0.6 is 0 Å². The maximum atomic E-state index is 12.6. The lowest BCUT2D eigenvalue weighted by molar-refractivity contribution is 0.0621. The Hall–Kier alpha value is -1.55. The number of hydrogen-bond acceptors (Lipinski definition) is 3. The highest BCUT2D eigenvalue weighted by atomic mass is 16.3. The fraction of sp³-hybridized carbons (Fsp3) is 0.562. The minimum Gasteiger partial charge on any atom is -0.396 e. The number of hydrogen-bond donors (Lipinski definition) is 2. The number of amides is 1. The van der Waals surface area contributed by atoms with Crippen molar-refractivity contribution < 1.29 is 9.90 Å². The van der Waals surface area contributed by atoms with Crippen molar-refractivity contribution in [2.75, 3.05) is 31.6 Å². The van der Waals surface area contributed by atoms with Crippen molar-refractivity contribution in [1.82, 2.24) is 4.90 Å². The van der Waals surface area contributed by atoms with Gasteiger partial charge in [-0.2, -0.15) is 0 Å². The average molecular weight is 276 g/mol. The largest absolute Gasteiger partial charge is 0.396 e. The molecule has 1 aliphatic rings. The summed E-state index contributed by atoms with van der Waals surface area (Å²) in [5.41, 5.74) is 1.64. The molecule has 1 saturated heterocycles. The zero-order valence-electron chi connectivity index (χ0n) is 12.1. The Morgan fingerprint density at radius 1 is 1.45 bits per heavy atom. The van der Waals surface area contributed by atoms with Crippen molar-refractivity contribution >= 4 is 11.6 Å². The summed E-state index contributed by atoms with van der Waals surface area (Å²) in [7, 11) is 0. The van der Waals surface area contributed by atoms with E-state index in [9.17, 15) is 9.90 Å². The molecule has 110 valence electrons. The van der Waals surface area contributed by atoms with Gasteiger partial charge in [0.15, 0.2) is 0 Å². The quantitative estimate of drug-likeness (QED) is 0.868. The molecule has 2 rings (SSSR count). The van der Waals surface area contributed by atoms with Gasteiger partial charge in [0, 0.05) is 31.9 Å². The molecule has 2 N–H and O–H groups in total. The predicted octanol–water partition coefficient (Wildman–Crippen LogP) is 2.35. The second-order valence-electron chi connectivity index (χ2n) is 5.41. The maximum absolute atomic E-state index is 12.6. The monoisotopic (exact) mass is 276 g/mol. The molecule has 1 unspecified atom stereocenters. The summed E-state index contributed by atoms with van der Waals surface area (Å²) in [6, 6.07) is 7.68. The van der Waals surface area contributed by atoms with Gasteiger partial charge in [-0.15, -0.1) is 0 Å². The van der Waals surface area contributed by atoms with E-state index >= 15 is 0 Å². The van der Waals surface area contributed by atoms with Gasteiger partial charge in [0.1, 0.15) is 0 Å². The highest BCUT2D eigenvalue weighted by molar-refractivity contribution is 5.99. The summed E-state index contributed by atoms with van der Waals surface area (Å²) in [6.45, 7) is 4.59. The number of nitrogens with zero attached hydrogens (tertiary/aromatic N) is 1. The molecule has 1 aliphatic heterocycles. The van der Waals surface area contributed by atoms with Gasteiger partial charge in [-0.3, -0.25) is 4.79 Å². The summed E-state index contributed by atoms with van der Waals surface area (Å²) in [5.74, 6) is 0.297. The fourth-order valence-electron chi connectivity index (χ4n) is 2.65. The predicted molar refractivity (Wildman–Crippen MR) is 80.9 cm³/mol. The van der Waals surface area contributed by atoms with Gasteiger partial charge in [0.2, 0.25) is 0 Å². The van der Waals surface area contributed by atoms with Crippen LogP contribution in [0.4, 0.5) is 5.69 Å². The number of carbonyl (C=O) groups is 1. The van der Waals surface area contributed by atoms with Gasteiger partial charge < -0.3 is 15.3 Å². The second kappa shape index (κ2) is 7.29. The van der Waals surface area contributed by atoms with Crippen molar-refractivity contribution in [3.05, 3.63) is 29.8 Å². The number of rotatable bonds is 5. The van der Waals surface area contributed by atoms with E-state index in [-0.39, 0.29) is 18.4 Å². The highest BCUT2D eigenvalue weighted by Gasteiger charge is 2.25. The smallest absolute Gasteiger partial charge is 0.255 e. The lowest BCUT2D eigenvalue weighted by atomic mass is 9.98. The van der Waals surface area contributed by atoms with E-state index in [0.717, 1.165) is 43.6 Å². The Morgan fingerprint density at radius 2 is 2.25 bits per heavy atom. The van der Waals surface area contributed by atoms with Gasteiger partial charge >= 0.3 is 0 Å². The van der Waals surface area contributed by atoms with E-state index in [4.69, 9.17) is 0 Å². The minimum atomic E-state index is 0.0716. The number of likely N-dealkylation sites (tertiary alicyclic amines) is 1. The number of anilines is 1. The van der Waals surface area contributed by atoms with E-state index < -0.39 is 0 Å². The third kappa shape index (κ3) is 3.51. The third-order valence-electron chi connectivity index (χ3n) is 3.79. The molecule has 1 atom stereocenters. The Bertz CT molecular complexity index is 448. The Morgan fingerprint density at radius 3 is 3.00 bits per heavy atom. The molecule has 1 fully saturated rings. The lowest BCUT2D eigenvalue weighted by Crippen LogP contribution is -2.41. The number of carbonyl (C=O) groups excluding carboxylic acids is 1. The molecule has 0 spiro atoms. The van der Waals surface area contributed by atoms with Crippen molar-refractivity contribution in [2.24, 2.45) is 5.92 Å². The van der Waals surface area contributed by atoms with Gasteiger partial charge in [0.25, 0.3) is 5.91 Å². The molecule has 0 aromatic heterocycles. The zero-order chi connectivity index (χ0) is 14.4. The first-order valence-electron chi connectivity index (χ1n) is 7.49. The van der Waals surface area contributed by atoms with Crippen LogP contribution in [0.1, 0.15) is 36.5 Å². The highest BCUT2D eigenvalue weighted by Crippen LogP contribution is 2.22. The normalized spacial score (nSPS) is 18.9. The van der Waals surface area contributed by atoms with Gasteiger partial charge in [-0.1, -0.05) is 19.1 Å². The van der Waals surface area contributed by atoms with E-state index in [2.05, 4.69) is 12.2 Å². The molecule has 1 aromatic carbocycles. The SMILES string of the molecule is CCCNc1ccccc1C(=O)N1CCCC(CO)C1. The second-order valence-corrected chi connectivity index (χ2v) is 5.41. The van der Waals surface area contributed by atoms with Crippen molar-refractivity contribution in [3.63, 3.8) is 0 Å². The summed E-state index contributed by atoms with van der Waals surface area (Å²) in [6.07, 6.45) is 3.01. The first kappa shape index (κ1) is 14.9. The lowest BCUT2D eigenvalue weighted by Gasteiger charge is -2.32. The number of aliphatic hydroxyl groups is 1. The average Bonchev–Trinajstić information content (AvgIpc) is 2.52. The van der Waals surface area contributed by atoms with Crippen LogP contribution in [0.15, 0.2) is 24.3 Å². The van der Waals surface area contributed by atoms with Crippen LogP contribution in [0, 0.1) is 5.92 Å². The van der Waals surface area contributed by atoms with Crippen LogP contribution in [0.25, 0.3) is 0 Å². The van der Waals surface area contributed by atoms with Crippen LogP contribution in [0.5, 0.6) is 0 Å².